The van der Waals surface area contributed by atoms with E-state index in [9.17, 15) is 8.78 Å². The zero-order chi connectivity index (χ0) is 14.5. The Morgan fingerprint density at radius 3 is 2.80 bits per heavy atom. The van der Waals surface area contributed by atoms with E-state index in [-0.39, 0.29) is 5.75 Å². The van der Waals surface area contributed by atoms with Crippen molar-refractivity contribution in [1.82, 2.24) is 0 Å². The van der Waals surface area contributed by atoms with Crippen molar-refractivity contribution < 1.29 is 18.3 Å². The molecule has 1 N–H and O–H groups in total. The Kier molecular flexibility index (Phi) is 5.04. The van der Waals surface area contributed by atoms with Gasteiger partial charge in [-0.3, -0.25) is 0 Å². The molecule has 5 heteroatoms. The number of hydrogen-bond donors (Lipinski definition) is 1. The highest BCUT2D eigenvalue weighted by molar-refractivity contribution is 5.60. The zero-order valence-electron chi connectivity index (χ0n) is 11.9. The van der Waals surface area contributed by atoms with E-state index in [1.165, 1.54) is 18.9 Å². The van der Waals surface area contributed by atoms with Gasteiger partial charge in [-0.05, 0) is 30.9 Å². The lowest BCUT2D eigenvalue weighted by atomic mass is 10.0. The molecule has 1 aromatic carbocycles. The smallest absolute Gasteiger partial charge is 0.387 e. The van der Waals surface area contributed by atoms with E-state index in [0.29, 0.717) is 23.4 Å². The van der Waals surface area contributed by atoms with Crippen LogP contribution in [-0.4, -0.2) is 19.8 Å². The molecule has 2 unspecified atom stereocenters. The van der Waals surface area contributed by atoms with Crippen molar-refractivity contribution in [3.05, 3.63) is 18.2 Å². The van der Waals surface area contributed by atoms with Gasteiger partial charge in [-0.2, -0.15) is 8.78 Å². The van der Waals surface area contributed by atoms with E-state index in [2.05, 4.69) is 17.0 Å². The van der Waals surface area contributed by atoms with Gasteiger partial charge in [-0.25, -0.2) is 0 Å². The Morgan fingerprint density at radius 1 is 1.35 bits per heavy atom. The molecule has 20 heavy (non-hydrogen) atoms. The molecule has 1 aliphatic rings. The maximum absolute atomic E-state index is 12.5. The summed E-state index contributed by atoms with van der Waals surface area (Å²) in [5.74, 6) is 1.38. The summed E-state index contributed by atoms with van der Waals surface area (Å²) in [6.07, 6.45) is 4.50. The molecule has 1 aliphatic carbocycles. The summed E-state index contributed by atoms with van der Waals surface area (Å²) in [5.41, 5.74) is 0.579. The molecule has 1 saturated carbocycles. The maximum atomic E-state index is 12.5. The standard InChI is InChI=1S/C15H21F2NO2/c1-3-10-5-4-6-12(10)18-13-9-11(19-2)7-8-14(13)20-15(16)17/h7-10,12,15,18H,3-6H2,1-2H3. The molecular weight excluding hydrogens is 264 g/mol. The van der Waals surface area contributed by atoms with Crippen molar-refractivity contribution in [2.75, 3.05) is 12.4 Å². The first-order chi connectivity index (χ1) is 9.63. The fraction of sp³-hybridized carbons (Fsp3) is 0.600. The Hall–Kier alpha value is -1.52. The fourth-order valence-corrected chi connectivity index (χ4v) is 2.86. The Balaban J connectivity index is 2.18. The van der Waals surface area contributed by atoms with Crippen molar-refractivity contribution in [2.45, 2.75) is 45.3 Å². The second kappa shape index (κ2) is 6.77. The summed E-state index contributed by atoms with van der Waals surface area (Å²) >= 11 is 0. The highest BCUT2D eigenvalue weighted by Gasteiger charge is 2.26. The van der Waals surface area contributed by atoms with Crippen LogP contribution in [-0.2, 0) is 0 Å². The minimum absolute atomic E-state index is 0.169. The van der Waals surface area contributed by atoms with Crippen LogP contribution in [0, 0.1) is 5.92 Å². The second-order valence-electron chi connectivity index (χ2n) is 5.09. The summed E-state index contributed by atoms with van der Waals surface area (Å²) < 4.78 is 34.6. The topological polar surface area (TPSA) is 30.5 Å². The molecule has 1 aromatic rings. The minimum Gasteiger partial charge on any atom is -0.497 e. The Morgan fingerprint density at radius 2 is 2.15 bits per heavy atom. The molecule has 0 spiro atoms. The summed E-state index contributed by atoms with van der Waals surface area (Å²) in [6, 6.07) is 5.16. The number of halogens is 2. The van der Waals surface area contributed by atoms with Crippen LogP contribution in [0.1, 0.15) is 32.6 Å². The molecule has 0 radical (unpaired) electrons. The molecule has 0 bridgehead atoms. The molecule has 0 aliphatic heterocycles. The van der Waals surface area contributed by atoms with Crippen LogP contribution < -0.4 is 14.8 Å². The molecule has 112 valence electrons. The predicted octanol–water partition coefficient (Wildman–Crippen LogP) is 4.29. The second-order valence-corrected chi connectivity index (χ2v) is 5.09. The summed E-state index contributed by atoms with van der Waals surface area (Å²) in [6.45, 7) is -0.665. The Labute approximate surface area is 118 Å². The lowest BCUT2D eigenvalue weighted by molar-refractivity contribution is -0.0494. The molecule has 0 amide bonds. The van der Waals surface area contributed by atoms with Crippen LogP contribution in [0.25, 0.3) is 0 Å². The van der Waals surface area contributed by atoms with E-state index in [0.717, 1.165) is 12.8 Å². The van der Waals surface area contributed by atoms with Gasteiger partial charge in [0.2, 0.25) is 0 Å². The molecule has 0 saturated heterocycles. The van der Waals surface area contributed by atoms with Gasteiger partial charge in [0.25, 0.3) is 0 Å². The van der Waals surface area contributed by atoms with Crippen LogP contribution in [0.4, 0.5) is 14.5 Å². The van der Waals surface area contributed by atoms with Gasteiger partial charge in [-0.1, -0.05) is 19.8 Å². The lowest BCUT2D eigenvalue weighted by Crippen LogP contribution is -2.24. The van der Waals surface area contributed by atoms with E-state index >= 15 is 0 Å². The predicted molar refractivity (Wildman–Crippen MR) is 74.7 cm³/mol. The van der Waals surface area contributed by atoms with Crippen molar-refractivity contribution in [3.63, 3.8) is 0 Å². The SMILES string of the molecule is CCC1CCCC1Nc1cc(OC)ccc1OC(F)F. The van der Waals surface area contributed by atoms with Crippen LogP contribution in [0.5, 0.6) is 11.5 Å². The highest BCUT2D eigenvalue weighted by atomic mass is 19.3. The number of rotatable bonds is 6. The van der Waals surface area contributed by atoms with Gasteiger partial charge >= 0.3 is 6.61 Å². The summed E-state index contributed by atoms with van der Waals surface area (Å²) in [5, 5.41) is 3.35. The third-order valence-electron chi connectivity index (χ3n) is 3.93. The molecule has 1 fully saturated rings. The van der Waals surface area contributed by atoms with Gasteiger partial charge in [0.15, 0.2) is 0 Å². The van der Waals surface area contributed by atoms with E-state index < -0.39 is 6.61 Å². The lowest BCUT2D eigenvalue weighted by Gasteiger charge is -2.23. The van der Waals surface area contributed by atoms with Crippen LogP contribution in [0.2, 0.25) is 0 Å². The monoisotopic (exact) mass is 285 g/mol. The van der Waals surface area contributed by atoms with Gasteiger partial charge in [0.05, 0.1) is 12.8 Å². The van der Waals surface area contributed by atoms with Crippen LogP contribution in [0.3, 0.4) is 0 Å². The highest BCUT2D eigenvalue weighted by Crippen LogP contribution is 2.36. The number of ether oxygens (including phenoxy) is 2. The molecule has 0 heterocycles. The first-order valence-corrected chi connectivity index (χ1v) is 7.03. The van der Waals surface area contributed by atoms with Crippen molar-refractivity contribution in [1.29, 1.82) is 0 Å². The Bertz CT molecular complexity index is 440. The fourth-order valence-electron chi connectivity index (χ4n) is 2.86. The van der Waals surface area contributed by atoms with Gasteiger partial charge in [-0.15, -0.1) is 0 Å². The van der Waals surface area contributed by atoms with E-state index in [1.807, 2.05) is 0 Å². The molecule has 3 nitrogen and oxygen atoms in total. The summed E-state index contributed by atoms with van der Waals surface area (Å²) in [4.78, 5) is 0. The molecule has 0 aromatic heterocycles. The maximum Gasteiger partial charge on any atom is 0.387 e. The van der Waals surface area contributed by atoms with Crippen LogP contribution >= 0.6 is 0 Å². The third kappa shape index (κ3) is 3.52. The van der Waals surface area contributed by atoms with E-state index in [4.69, 9.17) is 4.74 Å². The number of nitrogens with one attached hydrogen (secondary N) is 1. The minimum atomic E-state index is -2.82. The third-order valence-corrected chi connectivity index (χ3v) is 3.93. The van der Waals surface area contributed by atoms with Gasteiger partial charge in [0, 0.05) is 12.1 Å². The van der Waals surface area contributed by atoms with Gasteiger partial charge in [0.1, 0.15) is 11.5 Å². The van der Waals surface area contributed by atoms with Crippen LogP contribution in [0.15, 0.2) is 18.2 Å². The summed E-state index contributed by atoms with van der Waals surface area (Å²) in [7, 11) is 1.55. The van der Waals surface area contributed by atoms with Crippen molar-refractivity contribution in [3.8, 4) is 11.5 Å². The van der Waals surface area contributed by atoms with Gasteiger partial charge < -0.3 is 14.8 Å². The van der Waals surface area contributed by atoms with Crippen molar-refractivity contribution in [2.24, 2.45) is 5.92 Å². The molecule has 2 rings (SSSR count). The quantitative estimate of drug-likeness (QED) is 0.846. The number of benzene rings is 1. The largest absolute Gasteiger partial charge is 0.497 e. The molecular formula is C15H21F2NO2. The number of anilines is 1. The molecule has 2 atom stereocenters. The number of alkyl halides is 2. The average molecular weight is 285 g/mol. The average Bonchev–Trinajstić information content (AvgIpc) is 2.87. The first kappa shape index (κ1) is 14.9. The normalized spacial score (nSPS) is 22.1. The van der Waals surface area contributed by atoms with Crippen molar-refractivity contribution >= 4 is 5.69 Å². The number of methoxy groups -OCH3 is 1. The zero-order valence-corrected chi connectivity index (χ0v) is 11.9. The first-order valence-electron chi connectivity index (χ1n) is 7.03. The number of hydrogen-bond acceptors (Lipinski definition) is 3. The van der Waals surface area contributed by atoms with E-state index in [1.54, 1.807) is 19.2 Å².